The van der Waals surface area contributed by atoms with E-state index in [1.54, 1.807) is 0 Å². The highest BCUT2D eigenvalue weighted by Crippen LogP contribution is 2.30. The molecule has 1 atom stereocenters. The predicted octanol–water partition coefficient (Wildman–Crippen LogP) is 3.78. The van der Waals surface area contributed by atoms with Gasteiger partial charge >= 0.3 is 0 Å². The minimum absolute atomic E-state index is 0.112. The van der Waals surface area contributed by atoms with Gasteiger partial charge in [-0.25, -0.2) is 0 Å². The molecule has 0 fully saturated rings. The summed E-state index contributed by atoms with van der Waals surface area (Å²) in [6.07, 6.45) is 1.96. The summed E-state index contributed by atoms with van der Waals surface area (Å²) in [5.41, 5.74) is 8.33. The third-order valence-electron chi connectivity index (χ3n) is 3.55. The van der Waals surface area contributed by atoms with E-state index in [2.05, 4.69) is 50.0 Å². The van der Waals surface area contributed by atoms with Crippen LogP contribution in [0.2, 0.25) is 0 Å². The highest BCUT2D eigenvalue weighted by atomic mass is 16.5. The lowest BCUT2D eigenvalue weighted by molar-refractivity contribution is 0.287. The van der Waals surface area contributed by atoms with Crippen molar-refractivity contribution in [2.24, 2.45) is 11.1 Å². The molecule has 0 radical (unpaired) electrons. The maximum Gasteiger partial charge on any atom is 0.231 e. The molecule has 0 aliphatic carbocycles. The second-order valence-electron chi connectivity index (χ2n) is 6.70. The Labute approximate surface area is 126 Å². The summed E-state index contributed by atoms with van der Waals surface area (Å²) >= 11 is 0. The summed E-state index contributed by atoms with van der Waals surface area (Å²) in [5, 5.41) is 4.10. The second-order valence-corrected chi connectivity index (χ2v) is 6.70. The van der Waals surface area contributed by atoms with Crippen LogP contribution in [0, 0.1) is 5.41 Å². The molecule has 0 saturated carbocycles. The van der Waals surface area contributed by atoms with Crippen LogP contribution in [0.15, 0.2) is 28.8 Å². The molecule has 1 aromatic carbocycles. The largest absolute Gasteiger partial charge is 0.339 e. The van der Waals surface area contributed by atoms with Crippen molar-refractivity contribution in [3.05, 3.63) is 35.7 Å². The molecule has 2 aromatic rings. The van der Waals surface area contributed by atoms with Gasteiger partial charge in [-0.2, -0.15) is 4.98 Å². The van der Waals surface area contributed by atoms with Crippen molar-refractivity contribution in [2.45, 2.75) is 46.5 Å². The van der Waals surface area contributed by atoms with E-state index in [0.29, 0.717) is 18.3 Å². The minimum Gasteiger partial charge on any atom is -0.339 e. The smallest absolute Gasteiger partial charge is 0.231 e. The lowest BCUT2D eigenvalue weighted by atomic mass is 9.84. The molecular formula is C17H25N3O. The first-order valence-electron chi connectivity index (χ1n) is 7.56. The number of hydrogen-bond acceptors (Lipinski definition) is 4. The Morgan fingerprint density at radius 3 is 2.38 bits per heavy atom. The van der Waals surface area contributed by atoms with Crippen LogP contribution in [0.5, 0.6) is 0 Å². The van der Waals surface area contributed by atoms with Gasteiger partial charge in [-0.15, -0.1) is 0 Å². The molecule has 114 valence electrons. The maximum absolute atomic E-state index is 5.87. The number of aryl methyl sites for hydroxylation is 1. The Morgan fingerprint density at radius 2 is 1.86 bits per heavy atom. The fraction of sp³-hybridized carbons (Fsp3) is 0.529. The fourth-order valence-electron chi connectivity index (χ4n) is 2.42. The van der Waals surface area contributed by atoms with Gasteiger partial charge in [0.25, 0.3) is 0 Å². The first kappa shape index (κ1) is 15.7. The summed E-state index contributed by atoms with van der Waals surface area (Å²) < 4.78 is 5.43. The van der Waals surface area contributed by atoms with Crippen molar-refractivity contribution in [1.29, 1.82) is 0 Å². The molecule has 0 aliphatic heterocycles. The van der Waals surface area contributed by atoms with Gasteiger partial charge in [0.15, 0.2) is 0 Å². The number of aromatic nitrogens is 2. The van der Waals surface area contributed by atoms with Crippen LogP contribution in [0.25, 0.3) is 11.4 Å². The topological polar surface area (TPSA) is 64.9 Å². The number of hydrogen-bond donors (Lipinski definition) is 1. The van der Waals surface area contributed by atoms with Crippen molar-refractivity contribution in [3.8, 4) is 11.4 Å². The molecule has 2 rings (SSSR count). The first-order valence-corrected chi connectivity index (χ1v) is 7.56. The number of rotatable bonds is 5. The minimum atomic E-state index is 0.112. The maximum atomic E-state index is 5.87. The number of nitrogens with zero attached hydrogens (tertiary/aromatic N) is 2. The van der Waals surface area contributed by atoms with E-state index in [4.69, 9.17) is 10.3 Å². The monoisotopic (exact) mass is 287 g/mol. The normalized spacial score (nSPS) is 13.4. The van der Waals surface area contributed by atoms with E-state index in [1.165, 1.54) is 5.56 Å². The van der Waals surface area contributed by atoms with Crippen molar-refractivity contribution in [3.63, 3.8) is 0 Å². The summed E-state index contributed by atoms with van der Waals surface area (Å²) in [4.78, 5) is 4.53. The SMILES string of the molecule is CCc1ccc(-c2noc(C(CN)CC(C)(C)C)n2)cc1. The molecule has 1 aromatic heterocycles. The molecule has 0 amide bonds. The van der Waals surface area contributed by atoms with Crippen LogP contribution in [0.3, 0.4) is 0 Å². The van der Waals surface area contributed by atoms with Gasteiger partial charge in [-0.1, -0.05) is 57.1 Å². The third kappa shape index (κ3) is 4.14. The highest BCUT2D eigenvalue weighted by Gasteiger charge is 2.24. The van der Waals surface area contributed by atoms with Gasteiger partial charge in [0.05, 0.1) is 5.92 Å². The van der Waals surface area contributed by atoms with Crippen LogP contribution >= 0.6 is 0 Å². The van der Waals surface area contributed by atoms with Gasteiger partial charge in [-0.3, -0.25) is 0 Å². The van der Waals surface area contributed by atoms with Crippen molar-refractivity contribution < 1.29 is 4.52 Å². The van der Waals surface area contributed by atoms with Crippen LogP contribution in [0.1, 0.15) is 51.5 Å². The third-order valence-corrected chi connectivity index (χ3v) is 3.55. The molecule has 0 bridgehead atoms. The average Bonchev–Trinajstić information content (AvgIpc) is 2.93. The molecule has 1 unspecified atom stereocenters. The van der Waals surface area contributed by atoms with E-state index in [0.717, 1.165) is 18.4 Å². The predicted molar refractivity (Wildman–Crippen MR) is 85.0 cm³/mol. The summed E-state index contributed by atoms with van der Waals surface area (Å²) in [6, 6.07) is 8.27. The molecule has 2 N–H and O–H groups in total. The molecule has 21 heavy (non-hydrogen) atoms. The summed E-state index contributed by atoms with van der Waals surface area (Å²) in [7, 11) is 0. The zero-order valence-electron chi connectivity index (χ0n) is 13.4. The highest BCUT2D eigenvalue weighted by molar-refractivity contribution is 5.54. The van der Waals surface area contributed by atoms with Gasteiger partial charge in [0, 0.05) is 12.1 Å². The summed E-state index contributed by atoms with van der Waals surface area (Å²) in [5.74, 6) is 1.39. The zero-order chi connectivity index (χ0) is 15.5. The van der Waals surface area contributed by atoms with Crippen LogP contribution in [-0.2, 0) is 6.42 Å². The Hall–Kier alpha value is -1.68. The molecule has 0 saturated heterocycles. The first-order chi connectivity index (χ1) is 9.93. The van der Waals surface area contributed by atoms with Crippen LogP contribution < -0.4 is 5.73 Å². The van der Waals surface area contributed by atoms with E-state index < -0.39 is 0 Å². The van der Waals surface area contributed by atoms with Crippen LogP contribution in [0.4, 0.5) is 0 Å². The Kier molecular flexibility index (Phi) is 4.78. The van der Waals surface area contributed by atoms with Crippen molar-refractivity contribution in [1.82, 2.24) is 10.1 Å². The Balaban J connectivity index is 2.19. The van der Waals surface area contributed by atoms with Gasteiger partial charge in [-0.05, 0) is 23.8 Å². The van der Waals surface area contributed by atoms with E-state index in [9.17, 15) is 0 Å². The summed E-state index contributed by atoms with van der Waals surface area (Å²) in [6.45, 7) is 9.23. The molecule has 4 nitrogen and oxygen atoms in total. The molecule has 4 heteroatoms. The van der Waals surface area contributed by atoms with Gasteiger partial charge in [0.2, 0.25) is 11.7 Å². The van der Waals surface area contributed by atoms with E-state index in [1.807, 2.05) is 12.1 Å². The molecule has 1 heterocycles. The second kappa shape index (κ2) is 6.39. The van der Waals surface area contributed by atoms with E-state index in [-0.39, 0.29) is 11.3 Å². The Bertz CT molecular complexity index is 566. The van der Waals surface area contributed by atoms with E-state index >= 15 is 0 Å². The van der Waals surface area contributed by atoms with Gasteiger partial charge < -0.3 is 10.3 Å². The Morgan fingerprint density at radius 1 is 1.19 bits per heavy atom. The zero-order valence-corrected chi connectivity index (χ0v) is 13.4. The van der Waals surface area contributed by atoms with Crippen molar-refractivity contribution >= 4 is 0 Å². The molecule has 0 spiro atoms. The molecular weight excluding hydrogens is 262 g/mol. The average molecular weight is 287 g/mol. The standard InChI is InChI=1S/C17H25N3O/c1-5-12-6-8-13(9-7-12)15-19-16(21-20-15)14(11-18)10-17(2,3)4/h6-9,14H,5,10-11,18H2,1-4H3. The van der Waals surface area contributed by atoms with Crippen LogP contribution in [-0.4, -0.2) is 16.7 Å². The number of nitrogens with two attached hydrogens (primary N) is 1. The lowest BCUT2D eigenvalue weighted by Gasteiger charge is -2.22. The fourth-order valence-corrected chi connectivity index (χ4v) is 2.42. The van der Waals surface area contributed by atoms with Crippen molar-refractivity contribution in [2.75, 3.05) is 6.54 Å². The quantitative estimate of drug-likeness (QED) is 0.909. The number of benzene rings is 1. The lowest BCUT2D eigenvalue weighted by Crippen LogP contribution is -2.19. The van der Waals surface area contributed by atoms with Gasteiger partial charge in [0.1, 0.15) is 0 Å². The molecule has 0 aliphatic rings.